The molecule has 2 aromatic rings. The van der Waals surface area contributed by atoms with Crippen molar-refractivity contribution < 1.29 is 0 Å². The fourth-order valence-electron chi connectivity index (χ4n) is 0.468. The maximum absolute atomic E-state index is 3.48. The second-order valence-corrected chi connectivity index (χ2v) is 1.40. The molecule has 0 saturated heterocycles. The number of hydrogen-bond acceptors (Lipinski definition) is 8. The van der Waals surface area contributed by atoms with Crippen LogP contribution in [-0.4, -0.2) is 41.2 Å². The zero-order chi connectivity index (χ0) is 6.81. The maximum Gasteiger partial charge on any atom is 0.248 e. The van der Waals surface area contributed by atoms with Crippen LogP contribution < -0.4 is 0 Å². The van der Waals surface area contributed by atoms with Gasteiger partial charge in [0, 0.05) is 0 Å². The summed E-state index contributed by atoms with van der Waals surface area (Å²) in [5.74, 6) is 0. The average Bonchev–Trinajstić information content (AvgIpc) is 2.05. The van der Waals surface area contributed by atoms with E-state index in [0.29, 0.717) is 0 Å². The first-order chi connectivity index (χ1) is 4.97. The molecule has 0 aliphatic heterocycles. The molecule has 0 atom stereocenters. The number of nitrogens with zero attached hydrogens (tertiary/aromatic N) is 8. The van der Waals surface area contributed by atoms with Gasteiger partial charge in [-0.2, -0.15) is 0 Å². The first-order valence-corrected chi connectivity index (χ1v) is 2.34. The second-order valence-electron chi connectivity index (χ2n) is 1.40. The Balaban J connectivity index is 2.89. The summed E-state index contributed by atoms with van der Waals surface area (Å²) in [7, 11) is 0. The Bertz CT molecular complexity index is 278. The summed E-state index contributed by atoms with van der Waals surface area (Å²) in [6, 6.07) is 0. The fourth-order valence-corrected chi connectivity index (χ4v) is 0.468. The molecule has 0 spiro atoms. The highest BCUT2D eigenvalue weighted by atomic mass is 15.5. The molecule has 0 N–H and O–H groups in total. The van der Waals surface area contributed by atoms with Crippen LogP contribution in [0.5, 0.6) is 0 Å². The highest BCUT2D eigenvalue weighted by molar-refractivity contribution is 5.59. The first-order valence-electron chi connectivity index (χ1n) is 2.34. The van der Waals surface area contributed by atoms with Gasteiger partial charge in [-0.15, -0.1) is 20.4 Å². The predicted molar refractivity (Wildman–Crippen MR) is 26.3 cm³/mol. The third-order valence-corrected chi connectivity index (χ3v) is 0.838. The Labute approximate surface area is 53.7 Å². The van der Waals surface area contributed by atoms with Crippen molar-refractivity contribution in [1.82, 2.24) is 41.2 Å². The number of rotatable bonds is 0. The molecule has 0 saturated carbocycles. The van der Waals surface area contributed by atoms with Crippen molar-refractivity contribution in [2.75, 3.05) is 0 Å². The van der Waals surface area contributed by atoms with Crippen molar-refractivity contribution in [3.63, 3.8) is 0 Å². The minimum Gasteiger partial charge on any atom is -0.102 e. The summed E-state index contributed by atoms with van der Waals surface area (Å²) < 4.78 is 0. The third-order valence-electron chi connectivity index (χ3n) is 0.838. The normalized spacial score (nSPS) is 10.0. The Morgan fingerprint density at radius 2 is 0.800 bits per heavy atom. The molecule has 0 aromatic carbocycles. The predicted octanol–water partition coefficient (Wildman–Crippen LogP) is -2.00. The molecule has 0 radical (unpaired) electrons. The third kappa shape index (κ3) is 0.623. The molecule has 0 bridgehead atoms. The van der Waals surface area contributed by atoms with Crippen molar-refractivity contribution in [3.8, 4) is 0 Å². The van der Waals surface area contributed by atoms with E-state index in [9.17, 15) is 0 Å². The Morgan fingerprint density at radius 3 is 1.10 bits per heavy atom. The van der Waals surface area contributed by atoms with Crippen LogP contribution in [0.4, 0.5) is 0 Å². The van der Waals surface area contributed by atoms with Gasteiger partial charge in [-0.25, -0.2) is 0 Å². The standard InChI is InChI=1S/C2N8/c3-1-2(5-9-7-3)6-10-8-4-1. The fraction of sp³-hybridized carbons (Fsp3) is 0. The topological polar surface area (TPSA) is 103 Å². The smallest absolute Gasteiger partial charge is 0.102 e. The van der Waals surface area contributed by atoms with Gasteiger partial charge >= 0.3 is 0 Å². The van der Waals surface area contributed by atoms with Crippen molar-refractivity contribution in [1.29, 1.82) is 0 Å². The van der Waals surface area contributed by atoms with Crippen molar-refractivity contribution >= 4 is 11.3 Å². The van der Waals surface area contributed by atoms with Crippen LogP contribution in [0.2, 0.25) is 0 Å². The number of fused-ring (bicyclic) bond motifs is 1. The highest BCUT2D eigenvalue weighted by Gasteiger charge is 1.96. The van der Waals surface area contributed by atoms with Crippen molar-refractivity contribution in [2.45, 2.75) is 0 Å². The number of aromatic nitrogens is 8. The Hall–Kier alpha value is -1.86. The molecule has 48 valence electrons. The van der Waals surface area contributed by atoms with E-state index in [-0.39, 0.29) is 11.3 Å². The van der Waals surface area contributed by atoms with E-state index >= 15 is 0 Å². The van der Waals surface area contributed by atoms with E-state index in [1.807, 2.05) is 0 Å². The molecule has 0 unspecified atom stereocenters. The van der Waals surface area contributed by atoms with Gasteiger partial charge in [-0.05, 0) is 20.9 Å². The zero-order valence-corrected chi connectivity index (χ0v) is 4.58. The molecule has 2 heterocycles. The van der Waals surface area contributed by atoms with Gasteiger partial charge in [0.1, 0.15) is 0 Å². The average molecular weight is 136 g/mol. The van der Waals surface area contributed by atoms with Gasteiger partial charge < -0.3 is 0 Å². The van der Waals surface area contributed by atoms with Gasteiger partial charge in [0.25, 0.3) is 0 Å². The molecule has 0 aliphatic rings. The van der Waals surface area contributed by atoms with E-state index in [4.69, 9.17) is 0 Å². The van der Waals surface area contributed by atoms with Crippen LogP contribution in [0.15, 0.2) is 0 Å². The minimum atomic E-state index is 0.241. The molecule has 2 aromatic heterocycles. The van der Waals surface area contributed by atoms with Crippen molar-refractivity contribution in [3.05, 3.63) is 0 Å². The monoisotopic (exact) mass is 136 g/mol. The van der Waals surface area contributed by atoms with Gasteiger partial charge in [0.2, 0.25) is 11.3 Å². The summed E-state index contributed by atoms with van der Waals surface area (Å²) in [5, 5.41) is 26.9. The quantitative estimate of drug-likeness (QED) is 0.409. The molecule has 8 nitrogen and oxygen atoms in total. The highest BCUT2D eigenvalue weighted by Crippen LogP contribution is 1.89. The van der Waals surface area contributed by atoms with Crippen molar-refractivity contribution in [2.24, 2.45) is 0 Å². The summed E-state index contributed by atoms with van der Waals surface area (Å²) in [6.07, 6.45) is 0. The second kappa shape index (κ2) is 1.83. The largest absolute Gasteiger partial charge is 0.248 e. The van der Waals surface area contributed by atoms with E-state index in [2.05, 4.69) is 41.2 Å². The van der Waals surface area contributed by atoms with Gasteiger partial charge in [0.05, 0.1) is 0 Å². The summed E-state index contributed by atoms with van der Waals surface area (Å²) in [4.78, 5) is 0. The van der Waals surface area contributed by atoms with E-state index in [1.165, 1.54) is 0 Å². The molecule has 0 fully saturated rings. The molecule has 2 rings (SSSR count). The lowest BCUT2D eigenvalue weighted by Crippen LogP contribution is -2.00. The van der Waals surface area contributed by atoms with Gasteiger partial charge in [0.15, 0.2) is 0 Å². The lowest BCUT2D eigenvalue weighted by molar-refractivity contribution is 0.723. The van der Waals surface area contributed by atoms with Crippen LogP contribution in [0.25, 0.3) is 11.3 Å². The molecule has 10 heavy (non-hydrogen) atoms. The zero-order valence-electron chi connectivity index (χ0n) is 4.58. The van der Waals surface area contributed by atoms with Gasteiger partial charge in [-0.1, -0.05) is 0 Å². The van der Waals surface area contributed by atoms with Crippen LogP contribution >= 0.6 is 0 Å². The van der Waals surface area contributed by atoms with Crippen LogP contribution in [0.3, 0.4) is 0 Å². The Morgan fingerprint density at radius 1 is 0.500 bits per heavy atom. The molecule has 0 aliphatic carbocycles. The lowest BCUT2D eigenvalue weighted by atomic mass is 10.7. The molecule has 8 heteroatoms. The Kier molecular flexibility index (Phi) is 0.907. The first kappa shape index (κ1) is 4.97. The number of hydrogen-bond donors (Lipinski definition) is 0. The van der Waals surface area contributed by atoms with E-state index in [1.54, 1.807) is 0 Å². The lowest BCUT2D eigenvalue weighted by Gasteiger charge is -1.83. The summed E-state index contributed by atoms with van der Waals surface area (Å²) >= 11 is 0. The molecular weight excluding hydrogens is 136 g/mol. The molecular formula is C2N8. The van der Waals surface area contributed by atoms with Crippen LogP contribution in [0.1, 0.15) is 0 Å². The van der Waals surface area contributed by atoms with Crippen LogP contribution in [0, 0.1) is 0 Å². The summed E-state index contributed by atoms with van der Waals surface area (Å²) in [6.45, 7) is 0. The van der Waals surface area contributed by atoms with Crippen LogP contribution in [-0.2, 0) is 0 Å². The van der Waals surface area contributed by atoms with E-state index in [0.717, 1.165) is 0 Å². The van der Waals surface area contributed by atoms with Gasteiger partial charge in [-0.3, -0.25) is 0 Å². The minimum absolute atomic E-state index is 0.241. The molecule has 0 amide bonds. The maximum atomic E-state index is 3.48. The summed E-state index contributed by atoms with van der Waals surface area (Å²) in [5.41, 5.74) is 0.481. The SMILES string of the molecule is n1nnc2nnnnc2n1. The van der Waals surface area contributed by atoms with E-state index < -0.39 is 0 Å².